The fraction of sp³-hybridized carbons (Fsp3) is 0.636. The minimum absolute atomic E-state index is 0.401. The zero-order valence-electron chi connectivity index (χ0n) is 11.0. The van der Waals surface area contributed by atoms with Gasteiger partial charge < -0.3 is 10.2 Å². The molecule has 2 rings (SSSR count). The number of carboxylic acid groups (broad SMARTS) is 1. The van der Waals surface area contributed by atoms with Gasteiger partial charge in [0.15, 0.2) is 5.03 Å². The van der Waals surface area contributed by atoms with Crippen molar-refractivity contribution in [3.8, 4) is 0 Å². The number of nitrogens with zero attached hydrogens (tertiary/aromatic N) is 2. The first kappa shape index (κ1) is 14.9. The average molecular weight is 303 g/mol. The number of aliphatic hydroxyl groups is 1. The Balaban J connectivity index is 2.34. The van der Waals surface area contributed by atoms with E-state index in [4.69, 9.17) is 5.11 Å². The van der Waals surface area contributed by atoms with Gasteiger partial charge in [-0.2, -0.15) is 9.40 Å². The number of sulfonamides is 1. The van der Waals surface area contributed by atoms with E-state index >= 15 is 0 Å². The van der Waals surface area contributed by atoms with Crippen molar-refractivity contribution in [2.75, 3.05) is 7.05 Å². The fourth-order valence-corrected chi connectivity index (χ4v) is 3.94. The molecule has 0 spiro atoms. The zero-order valence-corrected chi connectivity index (χ0v) is 11.8. The smallest absolute Gasteiger partial charge is 0.340 e. The van der Waals surface area contributed by atoms with Crippen molar-refractivity contribution in [1.29, 1.82) is 0 Å². The van der Waals surface area contributed by atoms with E-state index < -0.39 is 38.7 Å². The molecule has 0 bridgehead atoms. The molecule has 1 heterocycles. The first-order chi connectivity index (χ1) is 9.35. The number of aliphatic hydroxyl groups excluding tert-OH is 1. The Hall–Kier alpha value is -1.45. The SMILES string of the molecule is CN(C1CCCCC1O)S(=O)(=O)c1[nH]ncc1C(=O)O. The lowest BCUT2D eigenvalue weighted by Gasteiger charge is -2.34. The van der Waals surface area contributed by atoms with Crippen LogP contribution < -0.4 is 0 Å². The van der Waals surface area contributed by atoms with Gasteiger partial charge in [-0.3, -0.25) is 5.10 Å². The van der Waals surface area contributed by atoms with Crippen molar-refractivity contribution in [3.05, 3.63) is 11.8 Å². The van der Waals surface area contributed by atoms with Crippen molar-refractivity contribution in [2.24, 2.45) is 0 Å². The van der Waals surface area contributed by atoms with Gasteiger partial charge in [0.1, 0.15) is 5.56 Å². The highest BCUT2D eigenvalue weighted by atomic mass is 32.2. The van der Waals surface area contributed by atoms with Crippen LogP contribution in [0.25, 0.3) is 0 Å². The number of nitrogens with one attached hydrogen (secondary N) is 1. The van der Waals surface area contributed by atoms with E-state index in [0.29, 0.717) is 12.8 Å². The average Bonchev–Trinajstić information content (AvgIpc) is 2.88. The number of likely N-dealkylation sites (N-methyl/N-ethyl adjacent to an activating group) is 1. The molecule has 0 saturated heterocycles. The van der Waals surface area contributed by atoms with Crippen LogP contribution in [0.2, 0.25) is 0 Å². The van der Waals surface area contributed by atoms with Gasteiger partial charge in [0.05, 0.1) is 18.3 Å². The van der Waals surface area contributed by atoms with Gasteiger partial charge in [0.2, 0.25) is 0 Å². The van der Waals surface area contributed by atoms with Gasteiger partial charge in [-0.05, 0) is 12.8 Å². The van der Waals surface area contributed by atoms with Crippen LogP contribution in [0.1, 0.15) is 36.0 Å². The third kappa shape index (κ3) is 2.56. The van der Waals surface area contributed by atoms with E-state index in [-0.39, 0.29) is 0 Å². The molecule has 8 nitrogen and oxygen atoms in total. The summed E-state index contributed by atoms with van der Waals surface area (Å²) in [5.74, 6) is -1.37. The molecular formula is C11H17N3O5S. The number of carbonyl (C=O) groups is 1. The molecule has 0 amide bonds. The first-order valence-electron chi connectivity index (χ1n) is 6.28. The van der Waals surface area contributed by atoms with Gasteiger partial charge in [-0.25, -0.2) is 13.2 Å². The van der Waals surface area contributed by atoms with Crippen LogP contribution in [-0.2, 0) is 10.0 Å². The number of aromatic nitrogens is 2. The molecule has 3 N–H and O–H groups in total. The third-order valence-electron chi connectivity index (χ3n) is 3.63. The molecule has 1 aromatic rings. The maximum atomic E-state index is 12.4. The Bertz CT molecular complexity index is 597. The first-order valence-corrected chi connectivity index (χ1v) is 7.72. The van der Waals surface area contributed by atoms with Crippen molar-refractivity contribution in [3.63, 3.8) is 0 Å². The molecule has 112 valence electrons. The number of rotatable bonds is 4. The lowest BCUT2D eigenvalue weighted by atomic mass is 9.93. The van der Waals surface area contributed by atoms with Gasteiger partial charge in [0.25, 0.3) is 10.0 Å². The Morgan fingerprint density at radius 3 is 2.70 bits per heavy atom. The summed E-state index contributed by atoms with van der Waals surface area (Å²) in [6.45, 7) is 0. The van der Waals surface area contributed by atoms with Crippen molar-refractivity contribution >= 4 is 16.0 Å². The third-order valence-corrected chi connectivity index (χ3v) is 5.49. The molecule has 9 heteroatoms. The molecule has 0 aliphatic heterocycles. The van der Waals surface area contributed by atoms with Gasteiger partial charge >= 0.3 is 5.97 Å². The number of hydrogen-bond acceptors (Lipinski definition) is 5. The van der Waals surface area contributed by atoms with Crippen molar-refractivity contribution in [2.45, 2.75) is 42.9 Å². The van der Waals surface area contributed by atoms with E-state index in [9.17, 15) is 18.3 Å². The van der Waals surface area contributed by atoms with E-state index in [0.717, 1.165) is 23.3 Å². The predicted octanol–water partition coefficient (Wildman–Crippen LogP) is 0.0319. The Labute approximate surface area is 116 Å². The highest BCUT2D eigenvalue weighted by molar-refractivity contribution is 7.89. The normalized spacial score (nSPS) is 23.9. The molecule has 1 aliphatic rings. The lowest BCUT2D eigenvalue weighted by molar-refractivity contribution is 0.0635. The predicted molar refractivity (Wildman–Crippen MR) is 68.8 cm³/mol. The van der Waals surface area contributed by atoms with E-state index in [2.05, 4.69) is 10.2 Å². The summed E-state index contributed by atoms with van der Waals surface area (Å²) >= 11 is 0. The van der Waals surface area contributed by atoms with Crippen LogP contribution in [0.15, 0.2) is 11.2 Å². The summed E-state index contributed by atoms with van der Waals surface area (Å²) in [6.07, 6.45) is 3.00. The molecular weight excluding hydrogens is 286 g/mol. The molecule has 1 saturated carbocycles. The molecule has 1 aliphatic carbocycles. The largest absolute Gasteiger partial charge is 0.478 e. The highest BCUT2D eigenvalue weighted by Crippen LogP contribution is 2.27. The Kier molecular flexibility index (Phi) is 4.11. The fourth-order valence-electron chi connectivity index (χ4n) is 2.46. The Morgan fingerprint density at radius 1 is 1.45 bits per heavy atom. The second kappa shape index (κ2) is 5.51. The number of carboxylic acids is 1. The molecule has 0 radical (unpaired) electrons. The summed E-state index contributed by atoms with van der Waals surface area (Å²) < 4.78 is 25.9. The number of aromatic carboxylic acids is 1. The Morgan fingerprint density at radius 2 is 2.10 bits per heavy atom. The summed E-state index contributed by atoms with van der Waals surface area (Å²) in [4.78, 5) is 11.0. The summed E-state index contributed by atoms with van der Waals surface area (Å²) in [5, 5.41) is 24.1. The standard InChI is InChI=1S/C11H17N3O5S/c1-14(8-4-2-3-5-9(8)15)20(18,19)10-7(11(16)17)6-12-13-10/h6,8-9,15H,2-5H2,1H3,(H,12,13)(H,16,17). The summed E-state index contributed by atoms with van der Waals surface area (Å²) in [7, 11) is -2.68. The van der Waals surface area contributed by atoms with Crippen LogP contribution in [0.5, 0.6) is 0 Å². The van der Waals surface area contributed by atoms with Crippen LogP contribution in [-0.4, -0.2) is 58.3 Å². The zero-order chi connectivity index (χ0) is 14.9. The quantitative estimate of drug-likeness (QED) is 0.721. The minimum atomic E-state index is -4.03. The summed E-state index contributed by atoms with van der Waals surface area (Å²) in [5.41, 5.74) is -0.401. The van der Waals surface area contributed by atoms with E-state index in [1.54, 1.807) is 0 Å². The number of H-pyrrole nitrogens is 1. The number of aromatic amines is 1. The van der Waals surface area contributed by atoms with Gasteiger partial charge in [0, 0.05) is 7.05 Å². The lowest BCUT2D eigenvalue weighted by Crippen LogP contribution is -2.46. The second-order valence-electron chi connectivity index (χ2n) is 4.86. The summed E-state index contributed by atoms with van der Waals surface area (Å²) in [6, 6.07) is -0.543. The van der Waals surface area contributed by atoms with Crippen molar-refractivity contribution in [1.82, 2.24) is 14.5 Å². The monoisotopic (exact) mass is 303 g/mol. The maximum Gasteiger partial charge on any atom is 0.340 e. The van der Waals surface area contributed by atoms with Crippen LogP contribution in [0.3, 0.4) is 0 Å². The van der Waals surface area contributed by atoms with Crippen LogP contribution in [0.4, 0.5) is 0 Å². The maximum absolute atomic E-state index is 12.4. The number of hydrogen-bond donors (Lipinski definition) is 3. The molecule has 2 unspecified atom stereocenters. The molecule has 2 atom stereocenters. The molecule has 1 fully saturated rings. The van der Waals surface area contributed by atoms with Crippen LogP contribution >= 0.6 is 0 Å². The topological polar surface area (TPSA) is 124 Å². The molecule has 0 aromatic carbocycles. The van der Waals surface area contributed by atoms with Crippen molar-refractivity contribution < 1.29 is 23.4 Å². The van der Waals surface area contributed by atoms with Gasteiger partial charge in [-0.1, -0.05) is 12.8 Å². The van der Waals surface area contributed by atoms with E-state index in [1.165, 1.54) is 7.05 Å². The molecule has 1 aromatic heterocycles. The highest BCUT2D eigenvalue weighted by Gasteiger charge is 2.37. The van der Waals surface area contributed by atoms with Gasteiger partial charge in [-0.15, -0.1) is 0 Å². The molecule has 20 heavy (non-hydrogen) atoms. The minimum Gasteiger partial charge on any atom is -0.478 e. The van der Waals surface area contributed by atoms with E-state index in [1.807, 2.05) is 0 Å². The van der Waals surface area contributed by atoms with Crippen LogP contribution in [0, 0.1) is 0 Å². The second-order valence-corrected chi connectivity index (χ2v) is 6.79.